The molecule has 1 saturated heterocycles. The summed E-state index contributed by atoms with van der Waals surface area (Å²) in [5.41, 5.74) is 2.82. The lowest BCUT2D eigenvalue weighted by molar-refractivity contribution is -0.122. The van der Waals surface area contributed by atoms with Gasteiger partial charge in [0.05, 0.1) is 11.4 Å². The summed E-state index contributed by atoms with van der Waals surface area (Å²) < 4.78 is 0. The van der Waals surface area contributed by atoms with Crippen LogP contribution in [0, 0.1) is 19.8 Å². The molecule has 2 aliphatic rings. The van der Waals surface area contributed by atoms with Gasteiger partial charge < -0.3 is 0 Å². The summed E-state index contributed by atoms with van der Waals surface area (Å²) in [6.45, 7) is 5.04. The number of Topliss-reactive ketones (excluding diaryl/α,β-unsaturated/α-hetero) is 1. The molecular weight excluding hydrogens is 378 g/mol. The van der Waals surface area contributed by atoms with E-state index in [1.807, 2.05) is 31.2 Å². The SMILES string of the molecule is CC(=O)C1=NN(c2cccc(C)c2)[C@@H]2C(=O)N(c3cccc(Cl)c3C)C(=O)[C@H]12. The number of aryl methyl sites for hydroxylation is 1. The first-order valence-electron chi connectivity index (χ1n) is 8.89. The molecule has 0 N–H and O–H groups in total. The minimum atomic E-state index is -0.927. The maximum Gasteiger partial charge on any atom is 0.259 e. The first-order valence-corrected chi connectivity index (χ1v) is 9.27. The molecule has 142 valence electrons. The summed E-state index contributed by atoms with van der Waals surface area (Å²) in [5, 5.41) is 6.32. The number of benzene rings is 2. The predicted octanol–water partition coefficient (Wildman–Crippen LogP) is 3.28. The highest BCUT2D eigenvalue weighted by Crippen LogP contribution is 2.39. The van der Waals surface area contributed by atoms with E-state index in [2.05, 4.69) is 5.10 Å². The lowest BCUT2D eigenvalue weighted by Gasteiger charge is -2.23. The van der Waals surface area contributed by atoms with Gasteiger partial charge in [-0.15, -0.1) is 0 Å². The molecule has 2 aromatic rings. The summed E-state index contributed by atoms with van der Waals surface area (Å²) in [4.78, 5) is 39.9. The molecular formula is C21H18ClN3O3. The largest absolute Gasteiger partial charge is 0.293 e. The number of carbonyl (C=O) groups is 3. The molecule has 0 spiro atoms. The molecule has 2 aliphatic heterocycles. The van der Waals surface area contributed by atoms with E-state index in [-0.39, 0.29) is 11.5 Å². The maximum absolute atomic E-state index is 13.3. The maximum atomic E-state index is 13.3. The highest BCUT2D eigenvalue weighted by atomic mass is 35.5. The van der Waals surface area contributed by atoms with Crippen LogP contribution in [0.2, 0.25) is 5.02 Å². The molecule has 0 bridgehead atoms. The van der Waals surface area contributed by atoms with Gasteiger partial charge in [0.1, 0.15) is 17.7 Å². The van der Waals surface area contributed by atoms with Crippen molar-refractivity contribution in [3.05, 3.63) is 58.6 Å². The Morgan fingerprint density at radius 3 is 2.46 bits per heavy atom. The number of fused-ring (bicyclic) bond motifs is 1. The van der Waals surface area contributed by atoms with Crippen LogP contribution in [0.15, 0.2) is 47.6 Å². The Morgan fingerprint density at radius 2 is 1.79 bits per heavy atom. The summed E-state index contributed by atoms with van der Waals surface area (Å²) in [6, 6.07) is 11.6. The predicted molar refractivity (Wildman–Crippen MR) is 108 cm³/mol. The lowest BCUT2D eigenvalue weighted by Crippen LogP contribution is -2.39. The average Bonchev–Trinajstić information content (AvgIpc) is 3.16. The number of amides is 2. The van der Waals surface area contributed by atoms with Gasteiger partial charge in [0.25, 0.3) is 5.91 Å². The smallest absolute Gasteiger partial charge is 0.259 e. The first-order chi connectivity index (χ1) is 13.3. The Balaban J connectivity index is 1.84. The molecule has 0 aromatic heterocycles. The molecule has 7 heteroatoms. The lowest BCUT2D eigenvalue weighted by atomic mass is 9.95. The number of hydrogen-bond donors (Lipinski definition) is 0. The molecule has 2 heterocycles. The van der Waals surface area contributed by atoms with Gasteiger partial charge >= 0.3 is 0 Å². The number of imide groups is 1. The fraction of sp³-hybridized carbons (Fsp3) is 0.238. The Bertz CT molecular complexity index is 1060. The molecule has 0 saturated carbocycles. The second-order valence-corrected chi connectivity index (χ2v) is 7.45. The van der Waals surface area contributed by atoms with Crippen molar-refractivity contribution in [2.45, 2.75) is 26.8 Å². The number of rotatable bonds is 3. The van der Waals surface area contributed by atoms with E-state index in [4.69, 9.17) is 11.6 Å². The van der Waals surface area contributed by atoms with Crippen LogP contribution >= 0.6 is 11.6 Å². The number of halogens is 1. The molecule has 4 rings (SSSR count). The van der Waals surface area contributed by atoms with Crippen LogP contribution < -0.4 is 9.91 Å². The van der Waals surface area contributed by atoms with Crippen LogP contribution in [0.25, 0.3) is 0 Å². The fourth-order valence-corrected chi connectivity index (χ4v) is 3.93. The topological polar surface area (TPSA) is 70.1 Å². The van der Waals surface area contributed by atoms with Crippen molar-refractivity contribution >= 4 is 46.3 Å². The number of ketones is 1. The van der Waals surface area contributed by atoms with E-state index in [9.17, 15) is 14.4 Å². The molecule has 0 unspecified atom stereocenters. The molecule has 2 aromatic carbocycles. The van der Waals surface area contributed by atoms with Crippen molar-refractivity contribution in [1.29, 1.82) is 0 Å². The number of hydrazone groups is 1. The van der Waals surface area contributed by atoms with Gasteiger partial charge in [0.2, 0.25) is 5.91 Å². The van der Waals surface area contributed by atoms with E-state index >= 15 is 0 Å². The van der Waals surface area contributed by atoms with Gasteiger partial charge in [-0.25, -0.2) is 4.90 Å². The Kier molecular flexibility index (Phi) is 4.31. The van der Waals surface area contributed by atoms with E-state index in [0.29, 0.717) is 22.0 Å². The number of nitrogens with zero attached hydrogens (tertiary/aromatic N) is 3. The Morgan fingerprint density at radius 1 is 1.07 bits per heavy atom. The summed E-state index contributed by atoms with van der Waals surface area (Å²) >= 11 is 6.19. The van der Waals surface area contributed by atoms with Crippen molar-refractivity contribution in [3.63, 3.8) is 0 Å². The van der Waals surface area contributed by atoms with Gasteiger partial charge in [-0.2, -0.15) is 5.10 Å². The third-order valence-electron chi connectivity index (χ3n) is 5.16. The van der Waals surface area contributed by atoms with Crippen LogP contribution in [0.4, 0.5) is 11.4 Å². The summed E-state index contributed by atoms with van der Waals surface area (Å²) in [5.74, 6) is -2.12. The number of carbonyl (C=O) groups excluding carboxylic acids is 3. The van der Waals surface area contributed by atoms with Crippen molar-refractivity contribution < 1.29 is 14.4 Å². The Hall–Kier alpha value is -2.99. The van der Waals surface area contributed by atoms with Gasteiger partial charge in [-0.3, -0.25) is 19.4 Å². The Labute approximate surface area is 167 Å². The second-order valence-electron chi connectivity index (χ2n) is 7.04. The van der Waals surface area contributed by atoms with E-state index < -0.39 is 23.8 Å². The fourth-order valence-electron chi connectivity index (χ4n) is 3.76. The zero-order valence-corrected chi connectivity index (χ0v) is 16.4. The number of anilines is 2. The summed E-state index contributed by atoms with van der Waals surface area (Å²) in [7, 11) is 0. The molecule has 0 radical (unpaired) electrons. The van der Waals surface area contributed by atoms with Crippen molar-refractivity contribution in [2.75, 3.05) is 9.91 Å². The quantitative estimate of drug-likeness (QED) is 0.748. The third kappa shape index (κ3) is 2.64. The second kappa shape index (κ2) is 6.56. The van der Waals surface area contributed by atoms with Crippen LogP contribution in [0.1, 0.15) is 18.1 Å². The van der Waals surface area contributed by atoms with Crippen LogP contribution in [0.5, 0.6) is 0 Å². The van der Waals surface area contributed by atoms with Crippen molar-refractivity contribution in [3.8, 4) is 0 Å². The number of hydrogen-bond acceptors (Lipinski definition) is 5. The molecule has 28 heavy (non-hydrogen) atoms. The van der Waals surface area contributed by atoms with E-state index in [0.717, 1.165) is 10.5 Å². The van der Waals surface area contributed by atoms with Gasteiger partial charge in [-0.1, -0.05) is 29.8 Å². The molecule has 6 nitrogen and oxygen atoms in total. The van der Waals surface area contributed by atoms with Crippen molar-refractivity contribution in [1.82, 2.24) is 0 Å². The van der Waals surface area contributed by atoms with Crippen LogP contribution in [0.3, 0.4) is 0 Å². The molecule has 2 atom stereocenters. The monoisotopic (exact) mass is 395 g/mol. The zero-order valence-electron chi connectivity index (χ0n) is 15.6. The minimum Gasteiger partial charge on any atom is -0.293 e. The minimum absolute atomic E-state index is 0.104. The highest BCUT2D eigenvalue weighted by molar-refractivity contribution is 6.49. The normalized spacial score (nSPS) is 21.2. The van der Waals surface area contributed by atoms with Crippen molar-refractivity contribution in [2.24, 2.45) is 11.0 Å². The highest BCUT2D eigenvalue weighted by Gasteiger charge is 2.58. The van der Waals surface area contributed by atoms with E-state index in [1.54, 1.807) is 25.1 Å². The third-order valence-corrected chi connectivity index (χ3v) is 5.57. The summed E-state index contributed by atoms with van der Waals surface area (Å²) in [6.07, 6.45) is 0. The van der Waals surface area contributed by atoms with Gasteiger partial charge in [-0.05, 0) is 49.2 Å². The molecule has 2 amide bonds. The average molecular weight is 396 g/mol. The van der Waals surface area contributed by atoms with E-state index in [1.165, 1.54) is 11.9 Å². The molecule has 0 aliphatic carbocycles. The van der Waals surface area contributed by atoms with Crippen LogP contribution in [-0.2, 0) is 14.4 Å². The van der Waals surface area contributed by atoms with Crippen LogP contribution in [-0.4, -0.2) is 29.4 Å². The van der Waals surface area contributed by atoms with Gasteiger partial charge in [0.15, 0.2) is 5.78 Å². The first kappa shape index (κ1) is 18.4. The molecule has 1 fully saturated rings. The standard InChI is InChI=1S/C21H18ClN3O3/c1-11-6-4-7-14(10-11)25-19-17(18(23-25)13(3)26)20(27)24(21(19)28)16-9-5-8-15(22)12(16)2/h4-10,17,19H,1-3H3/t17-,19+/m1/s1. The van der Waals surface area contributed by atoms with Gasteiger partial charge in [0, 0.05) is 11.9 Å². The zero-order chi connectivity index (χ0) is 20.2.